The van der Waals surface area contributed by atoms with E-state index in [1.807, 2.05) is 30.3 Å². The summed E-state index contributed by atoms with van der Waals surface area (Å²) >= 11 is 1.41. The molecule has 2 aliphatic heterocycles. The molecule has 1 N–H and O–H groups in total. The molecule has 0 spiro atoms. The predicted octanol–water partition coefficient (Wildman–Crippen LogP) is 2.34. The third-order valence-corrected chi connectivity index (χ3v) is 8.18. The Balaban J connectivity index is 1.31. The normalized spacial score (nSPS) is 23.6. The highest BCUT2D eigenvalue weighted by Gasteiger charge is 2.60. The van der Waals surface area contributed by atoms with E-state index in [1.54, 1.807) is 31.4 Å². The third-order valence-electron chi connectivity index (χ3n) is 6.54. The number of esters is 2. The second-order valence-corrected chi connectivity index (χ2v) is 10.3. The van der Waals surface area contributed by atoms with E-state index in [-0.39, 0.29) is 35.8 Å². The van der Waals surface area contributed by atoms with Crippen molar-refractivity contribution in [2.24, 2.45) is 0 Å². The number of hydrogen-bond donors (Lipinski definition) is 1. The number of amides is 2. The van der Waals surface area contributed by atoms with E-state index >= 15 is 0 Å². The summed E-state index contributed by atoms with van der Waals surface area (Å²) in [6.07, 6.45) is 0.0888. The van der Waals surface area contributed by atoms with Gasteiger partial charge in [0.05, 0.1) is 18.8 Å². The van der Waals surface area contributed by atoms with E-state index in [9.17, 15) is 19.2 Å². The Morgan fingerprint density at radius 1 is 1.05 bits per heavy atom. The van der Waals surface area contributed by atoms with Crippen LogP contribution in [0, 0.1) is 0 Å². The summed E-state index contributed by atoms with van der Waals surface area (Å²) in [7, 11) is 1.57. The fourth-order valence-electron chi connectivity index (χ4n) is 4.67. The largest absolute Gasteiger partial charge is 0.497 e. The van der Waals surface area contributed by atoms with Gasteiger partial charge in [-0.15, -0.1) is 11.8 Å². The van der Waals surface area contributed by atoms with Crippen LogP contribution < -0.4 is 10.1 Å². The van der Waals surface area contributed by atoms with Crippen LogP contribution >= 0.6 is 11.8 Å². The van der Waals surface area contributed by atoms with Crippen LogP contribution in [0.3, 0.4) is 0 Å². The number of benzene rings is 2. The van der Waals surface area contributed by atoms with Gasteiger partial charge in [-0.25, -0.2) is 4.79 Å². The van der Waals surface area contributed by atoms with Crippen molar-refractivity contribution in [3.63, 3.8) is 0 Å². The van der Waals surface area contributed by atoms with Gasteiger partial charge in [0.25, 0.3) is 5.91 Å². The van der Waals surface area contributed by atoms with Gasteiger partial charge in [0.15, 0.2) is 0 Å². The molecule has 2 aromatic carbocycles. The smallest absolute Gasteiger partial charge is 0.355 e. The van der Waals surface area contributed by atoms with Gasteiger partial charge < -0.3 is 19.5 Å². The average Bonchev–Trinajstić information content (AvgIpc) is 2.89. The Bertz CT molecular complexity index is 1260. The van der Waals surface area contributed by atoms with Crippen molar-refractivity contribution in [3.05, 3.63) is 77.0 Å². The van der Waals surface area contributed by atoms with Crippen molar-refractivity contribution in [3.8, 4) is 5.75 Å². The van der Waals surface area contributed by atoms with E-state index in [0.29, 0.717) is 12.2 Å². The molecular formula is C27H26N2O7S. The molecule has 0 radical (unpaired) electrons. The molecule has 10 heteroatoms. The molecule has 192 valence electrons. The first-order valence-corrected chi connectivity index (χ1v) is 12.8. The summed E-state index contributed by atoms with van der Waals surface area (Å²) in [6.45, 7) is 1.36. The molecule has 4 atom stereocenters. The molecule has 5 rings (SSSR count). The van der Waals surface area contributed by atoms with E-state index in [1.165, 1.54) is 23.6 Å². The molecule has 0 bridgehead atoms. The molecule has 0 unspecified atom stereocenters. The molecule has 1 saturated heterocycles. The van der Waals surface area contributed by atoms with Gasteiger partial charge in [-0.2, -0.15) is 0 Å². The lowest BCUT2D eigenvalue weighted by atomic mass is 9.84. The minimum Gasteiger partial charge on any atom is -0.497 e. The number of fused-ring (bicyclic) bond motifs is 2. The van der Waals surface area contributed by atoms with E-state index in [2.05, 4.69) is 5.32 Å². The molecule has 3 aliphatic rings. The summed E-state index contributed by atoms with van der Waals surface area (Å²) < 4.78 is 16.1. The lowest BCUT2D eigenvalue weighted by Crippen LogP contribution is -2.72. The fraction of sp³-hybridized carbons (Fsp3) is 0.333. The number of rotatable bonds is 8. The van der Waals surface area contributed by atoms with Crippen molar-refractivity contribution >= 4 is 35.5 Å². The standard InChI is InChI=1S/C27H26N2O7S/c1-15(30)36-20-13-19-23(27(33)35-14-17-8-10-18(34-2)11-9-17)29-25(32)22(26(29)37-24(19)20)28-21(31)12-16-6-4-3-5-7-16/h3-11,20,22,24,26H,12-14H2,1-2H3,(H,28,31)/t20-,22+,24+,26+/m0/s1. The summed E-state index contributed by atoms with van der Waals surface area (Å²) in [6, 6.07) is 15.6. The molecular weight excluding hydrogens is 496 g/mol. The lowest BCUT2D eigenvalue weighted by molar-refractivity contribution is -0.154. The first-order valence-electron chi connectivity index (χ1n) is 11.9. The third kappa shape index (κ3) is 4.93. The number of nitrogens with one attached hydrogen (secondary N) is 1. The van der Waals surface area contributed by atoms with Crippen LogP contribution in [-0.4, -0.2) is 58.5 Å². The average molecular weight is 523 g/mol. The quantitative estimate of drug-likeness (QED) is 0.416. The van der Waals surface area contributed by atoms with Crippen LogP contribution in [0.2, 0.25) is 0 Å². The molecule has 2 fully saturated rings. The number of thioether (sulfide) groups is 1. The highest BCUT2D eigenvalue weighted by atomic mass is 32.2. The second-order valence-electron chi connectivity index (χ2n) is 9.01. The maximum absolute atomic E-state index is 13.2. The zero-order chi connectivity index (χ0) is 26.1. The number of carbonyl (C=O) groups excluding carboxylic acids is 4. The number of nitrogens with zero attached hydrogens (tertiary/aromatic N) is 1. The Kier molecular flexibility index (Phi) is 6.92. The Morgan fingerprint density at radius 2 is 1.78 bits per heavy atom. The maximum atomic E-state index is 13.2. The minimum atomic E-state index is -0.786. The fourth-order valence-corrected chi connectivity index (χ4v) is 6.35. The van der Waals surface area contributed by atoms with E-state index in [4.69, 9.17) is 14.2 Å². The number of carbonyl (C=O) groups is 4. The molecule has 0 aromatic heterocycles. The first kappa shape index (κ1) is 24.9. The van der Waals surface area contributed by atoms with Crippen LogP contribution in [0.1, 0.15) is 24.5 Å². The number of methoxy groups -OCH3 is 1. The molecule has 2 aromatic rings. The molecule has 1 aliphatic carbocycles. The highest BCUT2D eigenvalue weighted by Crippen LogP contribution is 2.53. The Morgan fingerprint density at radius 3 is 2.46 bits per heavy atom. The van der Waals surface area contributed by atoms with Crippen molar-refractivity contribution < 1.29 is 33.4 Å². The van der Waals surface area contributed by atoms with Crippen molar-refractivity contribution in [2.75, 3.05) is 7.11 Å². The second kappa shape index (κ2) is 10.3. The van der Waals surface area contributed by atoms with Gasteiger partial charge in [0.1, 0.15) is 35.6 Å². The maximum Gasteiger partial charge on any atom is 0.355 e. The van der Waals surface area contributed by atoms with Gasteiger partial charge in [-0.1, -0.05) is 42.5 Å². The summed E-state index contributed by atoms with van der Waals surface area (Å²) in [5, 5.41) is 2.03. The van der Waals surface area contributed by atoms with Crippen LogP contribution in [-0.2, 0) is 41.7 Å². The molecule has 2 heterocycles. The van der Waals surface area contributed by atoms with Gasteiger partial charge in [0.2, 0.25) is 5.91 Å². The van der Waals surface area contributed by atoms with Crippen molar-refractivity contribution in [1.82, 2.24) is 10.2 Å². The van der Waals surface area contributed by atoms with Crippen LogP contribution in [0.5, 0.6) is 5.75 Å². The van der Waals surface area contributed by atoms with E-state index in [0.717, 1.165) is 16.7 Å². The van der Waals surface area contributed by atoms with Crippen LogP contribution in [0.4, 0.5) is 0 Å². The SMILES string of the molecule is COc1ccc(COC(=O)C2=C3C[C@H](OC(C)=O)[C@@H]3S[C@@H]3[C@H](NC(=O)Cc4ccccc4)C(=O)N23)cc1. The summed E-state index contributed by atoms with van der Waals surface area (Å²) in [5.74, 6) is -0.990. The molecule has 9 nitrogen and oxygen atoms in total. The predicted molar refractivity (Wildman–Crippen MR) is 134 cm³/mol. The zero-order valence-electron chi connectivity index (χ0n) is 20.3. The van der Waals surface area contributed by atoms with Crippen molar-refractivity contribution in [1.29, 1.82) is 0 Å². The van der Waals surface area contributed by atoms with Gasteiger partial charge >= 0.3 is 11.9 Å². The first-order chi connectivity index (χ1) is 17.9. The highest BCUT2D eigenvalue weighted by molar-refractivity contribution is 8.01. The van der Waals surface area contributed by atoms with E-state index < -0.39 is 29.5 Å². The van der Waals surface area contributed by atoms with Crippen molar-refractivity contribution in [2.45, 2.75) is 49.1 Å². The van der Waals surface area contributed by atoms with Crippen LogP contribution in [0.25, 0.3) is 0 Å². The molecule has 37 heavy (non-hydrogen) atoms. The number of hydrogen-bond acceptors (Lipinski definition) is 8. The number of ether oxygens (including phenoxy) is 3. The van der Waals surface area contributed by atoms with Crippen LogP contribution in [0.15, 0.2) is 65.9 Å². The molecule has 2 amide bonds. The van der Waals surface area contributed by atoms with Gasteiger partial charge in [-0.05, 0) is 28.8 Å². The zero-order valence-corrected chi connectivity index (χ0v) is 21.2. The monoisotopic (exact) mass is 522 g/mol. The summed E-state index contributed by atoms with van der Waals surface area (Å²) in [4.78, 5) is 52.0. The van der Waals surface area contributed by atoms with Gasteiger partial charge in [-0.3, -0.25) is 19.3 Å². The Labute approximate surface area is 218 Å². The lowest BCUT2D eigenvalue weighted by Gasteiger charge is -2.55. The topological polar surface area (TPSA) is 111 Å². The summed E-state index contributed by atoms with van der Waals surface area (Å²) in [5.41, 5.74) is 2.50. The van der Waals surface area contributed by atoms with Gasteiger partial charge in [0, 0.05) is 13.3 Å². The Hall–Kier alpha value is -3.79. The minimum absolute atomic E-state index is 0.0225. The molecule has 1 saturated carbocycles. The number of β-lactam (4-membered cyclic amide) rings is 1.